The highest BCUT2D eigenvalue weighted by Gasteiger charge is 2.43. The molecule has 0 unspecified atom stereocenters. The zero-order chi connectivity index (χ0) is 16.3. The van der Waals surface area contributed by atoms with Crippen molar-refractivity contribution in [2.75, 3.05) is 19.7 Å². The number of benzene rings is 1. The Morgan fingerprint density at radius 3 is 2.82 bits per heavy atom. The molecule has 122 valence electrons. The van der Waals surface area contributed by atoms with Crippen molar-refractivity contribution in [1.82, 2.24) is 4.90 Å². The standard InChI is InChI=1S/C17H24FNO3/c1-3-7-17(11-20)10-19(8-6-15(17)21)16(22)13-4-5-14(18)12(2)9-13/h4-5,9,15,20-21H,3,6-8,10-11H2,1-2H3/t15-,17+/m1/s1. The van der Waals surface area contributed by atoms with Crippen LogP contribution in [0.2, 0.25) is 0 Å². The number of hydrogen-bond donors (Lipinski definition) is 2. The summed E-state index contributed by atoms with van der Waals surface area (Å²) in [6.07, 6.45) is 1.34. The Balaban J connectivity index is 2.21. The van der Waals surface area contributed by atoms with Crippen LogP contribution in [0, 0.1) is 18.2 Å². The van der Waals surface area contributed by atoms with E-state index in [1.165, 1.54) is 12.1 Å². The molecule has 4 nitrogen and oxygen atoms in total. The number of likely N-dealkylation sites (tertiary alicyclic amines) is 1. The Morgan fingerprint density at radius 1 is 1.50 bits per heavy atom. The van der Waals surface area contributed by atoms with Gasteiger partial charge in [-0.25, -0.2) is 4.39 Å². The largest absolute Gasteiger partial charge is 0.396 e. The van der Waals surface area contributed by atoms with Gasteiger partial charge in [0.1, 0.15) is 5.82 Å². The first-order chi connectivity index (χ1) is 10.4. The molecule has 2 N–H and O–H groups in total. The molecule has 1 heterocycles. The molecule has 1 amide bonds. The van der Waals surface area contributed by atoms with E-state index in [1.54, 1.807) is 17.9 Å². The molecule has 5 heteroatoms. The molecule has 2 atom stereocenters. The SMILES string of the molecule is CCC[C@@]1(CO)CN(C(=O)c2ccc(F)c(C)c2)CC[C@H]1O. The lowest BCUT2D eigenvalue weighted by atomic mass is 9.74. The molecule has 0 aromatic heterocycles. The van der Waals surface area contributed by atoms with Gasteiger partial charge in [0.2, 0.25) is 0 Å². The van der Waals surface area contributed by atoms with Gasteiger partial charge in [0.25, 0.3) is 5.91 Å². The van der Waals surface area contributed by atoms with Crippen LogP contribution in [0.5, 0.6) is 0 Å². The van der Waals surface area contributed by atoms with Crippen molar-refractivity contribution in [3.8, 4) is 0 Å². The maximum atomic E-state index is 13.3. The molecule has 1 aliphatic heterocycles. The van der Waals surface area contributed by atoms with E-state index < -0.39 is 11.5 Å². The topological polar surface area (TPSA) is 60.8 Å². The van der Waals surface area contributed by atoms with Crippen molar-refractivity contribution >= 4 is 5.91 Å². The van der Waals surface area contributed by atoms with Gasteiger partial charge in [0.05, 0.1) is 12.7 Å². The van der Waals surface area contributed by atoms with Crippen LogP contribution in [0.1, 0.15) is 42.1 Å². The molecule has 1 aromatic carbocycles. The summed E-state index contributed by atoms with van der Waals surface area (Å²) in [4.78, 5) is 14.3. The highest BCUT2D eigenvalue weighted by molar-refractivity contribution is 5.94. The Bertz CT molecular complexity index is 549. The van der Waals surface area contributed by atoms with E-state index in [4.69, 9.17) is 0 Å². The lowest BCUT2D eigenvalue weighted by Gasteiger charge is -2.45. The minimum absolute atomic E-state index is 0.145. The lowest BCUT2D eigenvalue weighted by molar-refractivity contribution is -0.0720. The zero-order valence-electron chi connectivity index (χ0n) is 13.2. The number of halogens is 1. The molecular formula is C17H24FNO3. The average molecular weight is 309 g/mol. The maximum absolute atomic E-state index is 13.3. The summed E-state index contributed by atoms with van der Waals surface area (Å²) in [7, 11) is 0. The van der Waals surface area contributed by atoms with Gasteiger partial charge >= 0.3 is 0 Å². The van der Waals surface area contributed by atoms with E-state index in [0.717, 1.165) is 6.42 Å². The number of hydrogen-bond acceptors (Lipinski definition) is 3. The van der Waals surface area contributed by atoms with Crippen LogP contribution in [-0.4, -0.2) is 46.8 Å². The molecule has 2 rings (SSSR count). The molecule has 0 aliphatic carbocycles. The predicted octanol–water partition coefficient (Wildman–Crippen LogP) is 2.12. The second-order valence-electron chi connectivity index (χ2n) is 6.27. The third kappa shape index (κ3) is 3.15. The molecule has 1 aromatic rings. The van der Waals surface area contributed by atoms with Gasteiger partial charge in [-0.05, 0) is 43.5 Å². The second kappa shape index (κ2) is 6.75. The first-order valence-electron chi connectivity index (χ1n) is 7.78. The normalized spacial score (nSPS) is 25.3. The van der Waals surface area contributed by atoms with Crippen molar-refractivity contribution in [3.63, 3.8) is 0 Å². The van der Waals surface area contributed by atoms with Crippen molar-refractivity contribution in [3.05, 3.63) is 35.1 Å². The molecule has 0 bridgehead atoms. The Kier molecular flexibility index (Phi) is 5.19. The Labute approximate surface area is 130 Å². The molecular weight excluding hydrogens is 285 g/mol. The van der Waals surface area contributed by atoms with Crippen molar-refractivity contribution in [2.45, 2.75) is 39.2 Å². The number of nitrogens with zero attached hydrogens (tertiary/aromatic N) is 1. The van der Waals surface area contributed by atoms with Crippen LogP contribution in [0.15, 0.2) is 18.2 Å². The molecule has 0 spiro atoms. The third-order valence-corrected chi connectivity index (χ3v) is 4.64. The zero-order valence-corrected chi connectivity index (χ0v) is 13.2. The fraction of sp³-hybridized carbons (Fsp3) is 0.588. The Hall–Kier alpha value is -1.46. The van der Waals surface area contributed by atoms with Crippen LogP contribution in [0.3, 0.4) is 0 Å². The van der Waals surface area contributed by atoms with Gasteiger partial charge in [0, 0.05) is 24.1 Å². The summed E-state index contributed by atoms with van der Waals surface area (Å²) in [6.45, 7) is 4.25. The van der Waals surface area contributed by atoms with Crippen molar-refractivity contribution in [2.24, 2.45) is 5.41 Å². The smallest absolute Gasteiger partial charge is 0.253 e. The fourth-order valence-corrected chi connectivity index (χ4v) is 3.26. The van der Waals surface area contributed by atoms with Gasteiger partial charge in [-0.1, -0.05) is 13.3 Å². The van der Waals surface area contributed by atoms with Crippen LogP contribution < -0.4 is 0 Å². The lowest BCUT2D eigenvalue weighted by Crippen LogP contribution is -2.55. The molecule has 1 fully saturated rings. The Morgan fingerprint density at radius 2 is 2.23 bits per heavy atom. The first-order valence-corrected chi connectivity index (χ1v) is 7.78. The summed E-state index contributed by atoms with van der Waals surface area (Å²) in [5.74, 6) is -0.509. The van der Waals surface area contributed by atoms with Gasteiger partial charge in [-0.3, -0.25) is 4.79 Å². The third-order valence-electron chi connectivity index (χ3n) is 4.64. The predicted molar refractivity (Wildman–Crippen MR) is 82.1 cm³/mol. The van der Waals surface area contributed by atoms with Crippen molar-refractivity contribution < 1.29 is 19.4 Å². The van der Waals surface area contributed by atoms with Gasteiger partial charge in [-0.15, -0.1) is 0 Å². The average Bonchev–Trinajstić information content (AvgIpc) is 2.51. The number of aliphatic hydroxyl groups is 2. The van der Waals surface area contributed by atoms with Crippen LogP contribution >= 0.6 is 0 Å². The highest BCUT2D eigenvalue weighted by atomic mass is 19.1. The number of rotatable bonds is 4. The van der Waals surface area contributed by atoms with E-state index in [1.807, 2.05) is 6.92 Å². The van der Waals surface area contributed by atoms with Gasteiger partial charge < -0.3 is 15.1 Å². The number of carbonyl (C=O) groups excluding carboxylic acids is 1. The fourth-order valence-electron chi connectivity index (χ4n) is 3.26. The minimum Gasteiger partial charge on any atom is -0.396 e. The summed E-state index contributed by atoms with van der Waals surface area (Å²) in [5, 5.41) is 20.0. The summed E-state index contributed by atoms with van der Waals surface area (Å²) in [6, 6.07) is 4.33. The van der Waals surface area contributed by atoms with Crippen molar-refractivity contribution in [1.29, 1.82) is 0 Å². The van der Waals surface area contributed by atoms with Gasteiger partial charge in [0.15, 0.2) is 0 Å². The van der Waals surface area contributed by atoms with E-state index in [9.17, 15) is 19.4 Å². The molecule has 1 aliphatic rings. The maximum Gasteiger partial charge on any atom is 0.253 e. The van der Waals surface area contributed by atoms with Crippen LogP contribution in [0.25, 0.3) is 0 Å². The number of aliphatic hydroxyl groups excluding tert-OH is 2. The highest BCUT2D eigenvalue weighted by Crippen LogP contribution is 2.35. The van der Waals surface area contributed by atoms with Crippen LogP contribution in [-0.2, 0) is 0 Å². The van der Waals surface area contributed by atoms with Gasteiger partial charge in [-0.2, -0.15) is 0 Å². The number of piperidine rings is 1. The summed E-state index contributed by atoms with van der Waals surface area (Å²) in [5.41, 5.74) is 0.223. The van der Waals surface area contributed by atoms with Crippen LogP contribution in [0.4, 0.5) is 4.39 Å². The van der Waals surface area contributed by atoms with E-state index >= 15 is 0 Å². The number of aryl methyl sites for hydroxylation is 1. The molecule has 22 heavy (non-hydrogen) atoms. The van der Waals surface area contributed by atoms with E-state index in [2.05, 4.69) is 0 Å². The quantitative estimate of drug-likeness (QED) is 0.895. The monoisotopic (exact) mass is 309 g/mol. The summed E-state index contributed by atoms with van der Waals surface area (Å²) >= 11 is 0. The molecule has 0 saturated carbocycles. The van der Waals surface area contributed by atoms with E-state index in [-0.39, 0.29) is 18.3 Å². The second-order valence-corrected chi connectivity index (χ2v) is 6.27. The summed E-state index contributed by atoms with van der Waals surface area (Å²) < 4.78 is 13.3. The minimum atomic E-state index is -0.655. The number of amides is 1. The van der Waals surface area contributed by atoms with E-state index in [0.29, 0.717) is 37.1 Å². The molecule has 0 radical (unpaired) electrons. The first kappa shape index (κ1) is 16.9. The number of carbonyl (C=O) groups is 1. The molecule has 1 saturated heterocycles.